The maximum Gasteiger partial charge on any atom is 0.253 e. The molecule has 0 radical (unpaired) electrons. The highest BCUT2D eigenvalue weighted by Crippen LogP contribution is 2.17. The normalized spacial score (nSPS) is 15.5. The molecule has 0 spiro atoms. The van der Waals surface area contributed by atoms with Gasteiger partial charge in [-0.15, -0.1) is 0 Å². The predicted octanol–water partition coefficient (Wildman–Crippen LogP) is 3.20. The molecular formula is C31H36FN5O3. The van der Waals surface area contributed by atoms with Crippen molar-refractivity contribution in [2.24, 2.45) is 11.7 Å². The molecule has 8 nitrogen and oxygen atoms in total. The molecule has 210 valence electrons. The topological polar surface area (TPSA) is 117 Å². The van der Waals surface area contributed by atoms with E-state index < -0.39 is 18.0 Å². The van der Waals surface area contributed by atoms with Gasteiger partial charge in [-0.2, -0.15) is 0 Å². The fourth-order valence-corrected chi connectivity index (χ4v) is 4.75. The molecule has 3 atom stereocenters. The van der Waals surface area contributed by atoms with Crippen molar-refractivity contribution in [1.29, 1.82) is 0 Å². The molecule has 0 aliphatic carbocycles. The monoisotopic (exact) mass is 545 g/mol. The highest BCUT2D eigenvalue weighted by atomic mass is 19.1. The number of benzene rings is 3. The van der Waals surface area contributed by atoms with Gasteiger partial charge >= 0.3 is 0 Å². The molecule has 3 aromatic rings. The summed E-state index contributed by atoms with van der Waals surface area (Å²) < 4.78 is 13.2. The number of nitrogens with two attached hydrogens (primary N) is 1. The Labute approximate surface area is 234 Å². The summed E-state index contributed by atoms with van der Waals surface area (Å²) in [7, 11) is 0. The Morgan fingerprint density at radius 2 is 1.62 bits per heavy atom. The van der Waals surface area contributed by atoms with Gasteiger partial charge in [-0.1, -0.05) is 43.3 Å². The van der Waals surface area contributed by atoms with Gasteiger partial charge in [0, 0.05) is 61.0 Å². The number of amides is 3. The number of carbonyl (C=O) groups is 3. The molecule has 5 N–H and O–H groups in total. The van der Waals surface area contributed by atoms with Crippen molar-refractivity contribution in [2.45, 2.75) is 31.8 Å². The third kappa shape index (κ3) is 7.97. The predicted molar refractivity (Wildman–Crippen MR) is 153 cm³/mol. The molecule has 1 heterocycles. The Kier molecular flexibility index (Phi) is 9.99. The quantitative estimate of drug-likeness (QED) is 0.312. The molecule has 3 amide bonds. The second kappa shape index (κ2) is 13.8. The van der Waals surface area contributed by atoms with E-state index in [1.807, 2.05) is 30.3 Å². The number of piperazine rings is 1. The number of hydrogen-bond donors (Lipinski definition) is 4. The van der Waals surface area contributed by atoms with Crippen molar-refractivity contribution < 1.29 is 18.8 Å². The van der Waals surface area contributed by atoms with Crippen LogP contribution < -0.4 is 21.7 Å². The van der Waals surface area contributed by atoms with Gasteiger partial charge in [0.15, 0.2) is 0 Å². The number of nitrogens with one attached hydrogen (secondary N) is 3. The second-order valence-corrected chi connectivity index (χ2v) is 10.2. The molecule has 1 aliphatic rings. The molecule has 40 heavy (non-hydrogen) atoms. The number of nitrogens with zero attached hydrogens (tertiary/aromatic N) is 1. The van der Waals surface area contributed by atoms with Crippen LogP contribution in [-0.2, 0) is 11.2 Å². The van der Waals surface area contributed by atoms with E-state index in [0.29, 0.717) is 42.7 Å². The van der Waals surface area contributed by atoms with Gasteiger partial charge in [-0.3, -0.25) is 14.4 Å². The zero-order valence-corrected chi connectivity index (χ0v) is 22.6. The maximum atomic E-state index is 13.4. The minimum absolute atomic E-state index is 0.102. The summed E-state index contributed by atoms with van der Waals surface area (Å²) in [5, 5.41) is 9.07. The average Bonchev–Trinajstić information content (AvgIpc) is 2.98. The summed E-state index contributed by atoms with van der Waals surface area (Å²) in [5.74, 6) is -1.53. The molecule has 0 aromatic heterocycles. The summed E-state index contributed by atoms with van der Waals surface area (Å²) in [5.41, 5.74) is 8.93. The van der Waals surface area contributed by atoms with Gasteiger partial charge in [0.1, 0.15) is 5.82 Å². The lowest BCUT2D eigenvalue weighted by Gasteiger charge is -2.28. The summed E-state index contributed by atoms with van der Waals surface area (Å²) >= 11 is 0. The van der Waals surface area contributed by atoms with Crippen LogP contribution in [0.1, 0.15) is 39.6 Å². The Hall–Kier alpha value is -4.08. The van der Waals surface area contributed by atoms with Crippen LogP contribution in [0.15, 0.2) is 78.9 Å². The molecule has 4 rings (SSSR count). The number of hydrogen-bond acceptors (Lipinski definition) is 5. The van der Waals surface area contributed by atoms with E-state index in [2.05, 4.69) is 16.0 Å². The fourth-order valence-electron chi connectivity index (χ4n) is 4.75. The van der Waals surface area contributed by atoms with Crippen LogP contribution in [0.2, 0.25) is 0 Å². The van der Waals surface area contributed by atoms with Crippen molar-refractivity contribution in [2.75, 3.05) is 31.5 Å². The Balaban J connectivity index is 1.45. The number of anilines is 1. The Morgan fingerprint density at radius 1 is 0.950 bits per heavy atom. The van der Waals surface area contributed by atoms with E-state index in [-0.39, 0.29) is 23.5 Å². The summed E-state index contributed by atoms with van der Waals surface area (Å²) in [6.07, 6.45) is 0.784. The minimum Gasteiger partial charge on any atom is -0.347 e. The first-order valence-corrected chi connectivity index (χ1v) is 13.6. The lowest BCUT2D eigenvalue weighted by atomic mass is 9.92. The number of rotatable bonds is 10. The molecule has 1 saturated heterocycles. The molecule has 0 bridgehead atoms. The van der Waals surface area contributed by atoms with Gasteiger partial charge in [-0.25, -0.2) is 4.39 Å². The van der Waals surface area contributed by atoms with Gasteiger partial charge < -0.3 is 26.6 Å². The molecule has 9 heteroatoms. The first-order chi connectivity index (χ1) is 19.3. The van der Waals surface area contributed by atoms with E-state index in [0.717, 1.165) is 18.7 Å². The van der Waals surface area contributed by atoms with Crippen LogP contribution in [0, 0.1) is 11.7 Å². The van der Waals surface area contributed by atoms with Crippen molar-refractivity contribution in [1.82, 2.24) is 15.5 Å². The zero-order valence-electron chi connectivity index (χ0n) is 22.6. The van der Waals surface area contributed by atoms with Crippen molar-refractivity contribution in [3.63, 3.8) is 0 Å². The smallest absolute Gasteiger partial charge is 0.253 e. The SMILES string of the molecule is C[C@H](C[C@H](N)[C@H](Cc1ccccc1)NC(=O)c1cccc(C(=O)N2CCNCC2)c1)C(=O)Nc1ccc(F)cc1. The molecular weight excluding hydrogens is 509 g/mol. The fraction of sp³-hybridized carbons (Fsp3) is 0.323. The largest absolute Gasteiger partial charge is 0.347 e. The van der Waals surface area contributed by atoms with Gasteiger partial charge in [-0.05, 0) is 60.9 Å². The molecule has 1 fully saturated rings. The average molecular weight is 546 g/mol. The molecule has 0 saturated carbocycles. The summed E-state index contributed by atoms with van der Waals surface area (Å²) in [4.78, 5) is 40.9. The van der Waals surface area contributed by atoms with Crippen LogP contribution in [0.5, 0.6) is 0 Å². The molecule has 0 unspecified atom stereocenters. The lowest BCUT2D eigenvalue weighted by molar-refractivity contribution is -0.119. The van der Waals surface area contributed by atoms with Crippen molar-refractivity contribution in [3.05, 3.63) is 101 Å². The second-order valence-electron chi connectivity index (χ2n) is 10.2. The highest BCUT2D eigenvalue weighted by Gasteiger charge is 2.26. The Morgan fingerprint density at radius 3 is 2.33 bits per heavy atom. The van der Waals surface area contributed by atoms with Crippen LogP contribution in [0.3, 0.4) is 0 Å². The summed E-state index contributed by atoms with van der Waals surface area (Å²) in [6.45, 7) is 4.49. The van der Waals surface area contributed by atoms with Gasteiger partial charge in [0.2, 0.25) is 5.91 Å². The van der Waals surface area contributed by atoms with E-state index in [1.165, 1.54) is 24.3 Å². The third-order valence-electron chi connectivity index (χ3n) is 7.09. The third-order valence-corrected chi connectivity index (χ3v) is 7.09. The van der Waals surface area contributed by atoms with Crippen molar-refractivity contribution in [3.8, 4) is 0 Å². The van der Waals surface area contributed by atoms with E-state index in [9.17, 15) is 18.8 Å². The lowest BCUT2D eigenvalue weighted by Crippen LogP contribution is -2.50. The van der Waals surface area contributed by atoms with Crippen LogP contribution in [-0.4, -0.2) is 60.9 Å². The maximum absolute atomic E-state index is 13.4. The number of carbonyl (C=O) groups excluding carboxylic acids is 3. The molecule has 1 aliphatic heterocycles. The first kappa shape index (κ1) is 28.9. The summed E-state index contributed by atoms with van der Waals surface area (Å²) in [6, 6.07) is 20.9. The van der Waals surface area contributed by atoms with Crippen LogP contribution in [0.4, 0.5) is 10.1 Å². The van der Waals surface area contributed by atoms with E-state index in [4.69, 9.17) is 5.73 Å². The van der Waals surface area contributed by atoms with E-state index >= 15 is 0 Å². The number of halogens is 1. The zero-order chi connectivity index (χ0) is 28.5. The minimum atomic E-state index is -0.538. The van der Waals surface area contributed by atoms with Crippen molar-refractivity contribution >= 4 is 23.4 Å². The first-order valence-electron chi connectivity index (χ1n) is 13.6. The van der Waals surface area contributed by atoms with Crippen LogP contribution >= 0.6 is 0 Å². The Bertz CT molecular complexity index is 1300. The van der Waals surface area contributed by atoms with E-state index in [1.54, 1.807) is 36.1 Å². The van der Waals surface area contributed by atoms with Gasteiger partial charge in [0.25, 0.3) is 11.8 Å². The van der Waals surface area contributed by atoms with Gasteiger partial charge in [0.05, 0.1) is 0 Å². The van der Waals surface area contributed by atoms with Crippen LogP contribution in [0.25, 0.3) is 0 Å². The molecule has 3 aromatic carbocycles. The highest BCUT2D eigenvalue weighted by molar-refractivity contribution is 6.00. The standard InChI is InChI=1S/C31H36FN5O3/c1-21(29(38)35-26-12-10-25(32)11-13-26)18-27(33)28(19-22-6-3-2-4-7-22)36-30(39)23-8-5-9-24(20-23)31(40)37-16-14-34-15-17-37/h2-13,20-21,27-28,34H,14-19,33H2,1H3,(H,35,38)(H,36,39)/t21-,27+,28+/m1/s1.